The number of carbonyl (C=O) groups excluding carboxylic acids is 2. The van der Waals surface area contributed by atoms with Crippen LogP contribution in [0, 0.1) is 12.3 Å². The van der Waals surface area contributed by atoms with Crippen LogP contribution in [-0.4, -0.2) is 24.1 Å². The van der Waals surface area contributed by atoms with Gasteiger partial charge in [0.2, 0.25) is 0 Å². The number of ketones is 1. The number of ether oxygens (including phenoxy) is 1. The van der Waals surface area contributed by atoms with Crippen LogP contribution in [0.2, 0.25) is 5.02 Å². The Morgan fingerprint density at radius 2 is 2.15 bits per heavy atom. The van der Waals surface area contributed by atoms with Crippen molar-refractivity contribution < 1.29 is 14.3 Å². The summed E-state index contributed by atoms with van der Waals surface area (Å²) in [6.45, 7) is 7.64. The number of benzene rings is 1. The zero-order chi connectivity index (χ0) is 15.1. The van der Waals surface area contributed by atoms with E-state index < -0.39 is 11.4 Å². The second-order valence-corrected chi connectivity index (χ2v) is 6.85. The molecule has 5 heteroatoms. The third kappa shape index (κ3) is 2.47. The monoisotopic (exact) mass is 312 g/mol. The number of halogens is 1. The molecular weight excluding hydrogens is 296 g/mol. The first-order valence-corrected chi connectivity index (χ1v) is 7.83. The van der Waals surface area contributed by atoms with E-state index in [1.54, 1.807) is 31.7 Å². The summed E-state index contributed by atoms with van der Waals surface area (Å²) in [6, 6.07) is 1.60. The highest BCUT2D eigenvalue weighted by atomic mass is 35.5. The Hall–Kier alpha value is -1.000. The molecule has 1 aliphatic rings. The average Bonchev–Trinajstić information content (AvgIpc) is 2.37. The van der Waals surface area contributed by atoms with Gasteiger partial charge >= 0.3 is 5.97 Å². The van der Waals surface area contributed by atoms with E-state index in [0.29, 0.717) is 34.1 Å². The van der Waals surface area contributed by atoms with E-state index in [1.807, 2.05) is 13.8 Å². The Labute approximate surface area is 128 Å². The number of Topliss-reactive ketones (excluding diaryl/α,β-unsaturated/α-hetero) is 1. The first kappa shape index (κ1) is 15.4. The van der Waals surface area contributed by atoms with Gasteiger partial charge in [-0.2, -0.15) is 0 Å². The molecule has 0 spiro atoms. The minimum absolute atomic E-state index is 0.0387. The van der Waals surface area contributed by atoms with Crippen molar-refractivity contribution in [3.63, 3.8) is 0 Å². The van der Waals surface area contributed by atoms with E-state index >= 15 is 0 Å². The predicted molar refractivity (Wildman–Crippen MR) is 81.0 cm³/mol. The molecule has 0 saturated carbocycles. The first-order chi connectivity index (χ1) is 9.29. The number of hydrogen-bond acceptors (Lipinski definition) is 4. The van der Waals surface area contributed by atoms with Gasteiger partial charge in [-0.3, -0.25) is 4.79 Å². The van der Waals surface area contributed by atoms with Gasteiger partial charge in [-0.1, -0.05) is 25.4 Å². The molecule has 1 aliphatic heterocycles. The van der Waals surface area contributed by atoms with Crippen LogP contribution in [0.1, 0.15) is 47.1 Å². The second-order valence-electron chi connectivity index (χ2n) is 5.46. The van der Waals surface area contributed by atoms with Gasteiger partial charge in [0, 0.05) is 21.6 Å². The lowest BCUT2D eigenvalue weighted by molar-refractivity contribution is 0.0525. The van der Waals surface area contributed by atoms with Crippen LogP contribution in [0.3, 0.4) is 0 Å². The quantitative estimate of drug-likeness (QED) is 0.770. The van der Waals surface area contributed by atoms with Crippen molar-refractivity contribution in [2.75, 3.05) is 12.4 Å². The largest absolute Gasteiger partial charge is 0.462 e. The van der Waals surface area contributed by atoms with Crippen LogP contribution in [0.25, 0.3) is 0 Å². The summed E-state index contributed by atoms with van der Waals surface area (Å²) in [4.78, 5) is 25.4. The normalized spacial score (nSPS) is 16.8. The van der Waals surface area contributed by atoms with Gasteiger partial charge in [0.15, 0.2) is 5.78 Å². The van der Waals surface area contributed by atoms with Crippen LogP contribution < -0.4 is 0 Å². The van der Waals surface area contributed by atoms with E-state index in [1.165, 1.54) is 0 Å². The Balaban J connectivity index is 2.63. The van der Waals surface area contributed by atoms with E-state index in [9.17, 15) is 9.59 Å². The zero-order valence-electron chi connectivity index (χ0n) is 12.0. The molecule has 0 aliphatic carbocycles. The maximum atomic E-state index is 12.6. The third-order valence-electron chi connectivity index (χ3n) is 3.41. The molecule has 0 N–H and O–H groups in total. The molecule has 108 valence electrons. The smallest absolute Gasteiger partial charge is 0.338 e. The molecule has 0 bridgehead atoms. The van der Waals surface area contributed by atoms with E-state index in [4.69, 9.17) is 16.3 Å². The van der Waals surface area contributed by atoms with Crippen molar-refractivity contribution >= 4 is 35.1 Å². The number of fused-ring (bicyclic) bond motifs is 1. The summed E-state index contributed by atoms with van der Waals surface area (Å²) in [7, 11) is 0. The first-order valence-electron chi connectivity index (χ1n) is 6.47. The molecule has 0 aromatic heterocycles. The van der Waals surface area contributed by atoms with Gasteiger partial charge in [0.05, 0.1) is 17.2 Å². The van der Waals surface area contributed by atoms with E-state index in [-0.39, 0.29) is 5.78 Å². The molecule has 1 aromatic carbocycles. The third-order valence-corrected chi connectivity index (χ3v) is 5.40. The summed E-state index contributed by atoms with van der Waals surface area (Å²) in [5.41, 5.74) is 1.16. The lowest BCUT2D eigenvalue weighted by Gasteiger charge is -2.31. The maximum Gasteiger partial charge on any atom is 0.338 e. The van der Waals surface area contributed by atoms with Crippen LogP contribution in [-0.2, 0) is 4.74 Å². The molecule has 0 saturated heterocycles. The Morgan fingerprint density at radius 3 is 2.75 bits per heavy atom. The summed E-state index contributed by atoms with van der Waals surface area (Å²) in [5, 5.41) is 0.447. The molecule has 2 rings (SSSR count). The van der Waals surface area contributed by atoms with Gasteiger partial charge in [0.1, 0.15) is 0 Å². The van der Waals surface area contributed by atoms with E-state index in [2.05, 4.69) is 0 Å². The van der Waals surface area contributed by atoms with Gasteiger partial charge in [-0.05, 0) is 25.5 Å². The average molecular weight is 313 g/mol. The number of esters is 1. The summed E-state index contributed by atoms with van der Waals surface area (Å²) < 4.78 is 5.03. The second kappa shape index (κ2) is 5.41. The van der Waals surface area contributed by atoms with Gasteiger partial charge in [-0.15, -0.1) is 11.8 Å². The van der Waals surface area contributed by atoms with Crippen molar-refractivity contribution in [2.24, 2.45) is 5.41 Å². The molecule has 1 heterocycles. The number of thioether (sulfide) groups is 1. The highest BCUT2D eigenvalue weighted by molar-refractivity contribution is 7.99. The fourth-order valence-electron chi connectivity index (χ4n) is 2.22. The summed E-state index contributed by atoms with van der Waals surface area (Å²) >= 11 is 7.81. The molecule has 0 atom stereocenters. The highest BCUT2D eigenvalue weighted by Gasteiger charge is 2.38. The molecule has 0 fully saturated rings. The number of hydrogen-bond donors (Lipinski definition) is 0. The zero-order valence-corrected chi connectivity index (χ0v) is 13.6. The van der Waals surface area contributed by atoms with Crippen molar-refractivity contribution in [3.8, 4) is 0 Å². The minimum atomic E-state index is -0.445. The molecular formula is C15H17ClO3S. The lowest BCUT2D eigenvalue weighted by Crippen LogP contribution is -2.32. The van der Waals surface area contributed by atoms with Crippen molar-refractivity contribution in [1.29, 1.82) is 0 Å². The fraction of sp³-hybridized carbons (Fsp3) is 0.467. The molecule has 0 radical (unpaired) electrons. The fourth-order valence-corrected chi connectivity index (χ4v) is 3.81. The minimum Gasteiger partial charge on any atom is -0.462 e. The molecule has 20 heavy (non-hydrogen) atoms. The van der Waals surface area contributed by atoms with Crippen LogP contribution in [0.4, 0.5) is 0 Å². The summed E-state index contributed by atoms with van der Waals surface area (Å²) in [5.74, 6) is 0.296. The van der Waals surface area contributed by atoms with Crippen molar-refractivity contribution in [2.45, 2.75) is 32.6 Å². The van der Waals surface area contributed by atoms with Crippen LogP contribution in [0.5, 0.6) is 0 Å². The van der Waals surface area contributed by atoms with Crippen molar-refractivity contribution in [3.05, 3.63) is 27.8 Å². The highest BCUT2D eigenvalue weighted by Crippen LogP contribution is 2.45. The maximum absolute atomic E-state index is 12.6. The molecule has 0 unspecified atom stereocenters. The Morgan fingerprint density at radius 1 is 1.50 bits per heavy atom. The summed E-state index contributed by atoms with van der Waals surface area (Å²) in [6.07, 6.45) is 0. The SMILES string of the molecule is CCOC(=O)c1cc(Cl)c2c(c1C)C(=O)C(C)(C)CS2. The molecule has 0 amide bonds. The molecule has 1 aromatic rings. The number of carbonyl (C=O) groups is 2. The van der Waals surface area contributed by atoms with Crippen LogP contribution in [0.15, 0.2) is 11.0 Å². The van der Waals surface area contributed by atoms with Gasteiger partial charge in [-0.25, -0.2) is 4.79 Å². The Bertz CT molecular complexity index is 593. The molecule has 3 nitrogen and oxygen atoms in total. The lowest BCUT2D eigenvalue weighted by atomic mass is 9.83. The topological polar surface area (TPSA) is 43.4 Å². The van der Waals surface area contributed by atoms with Crippen molar-refractivity contribution in [1.82, 2.24) is 0 Å². The van der Waals surface area contributed by atoms with Gasteiger partial charge in [0.25, 0.3) is 0 Å². The number of rotatable bonds is 2. The Kier molecular flexibility index (Phi) is 4.17. The van der Waals surface area contributed by atoms with E-state index in [0.717, 1.165) is 4.90 Å². The van der Waals surface area contributed by atoms with Crippen LogP contribution >= 0.6 is 23.4 Å². The van der Waals surface area contributed by atoms with Gasteiger partial charge < -0.3 is 4.74 Å². The standard InChI is InChI=1S/C15H17ClO3S/c1-5-19-14(18)9-6-10(16)12-11(8(9)2)13(17)15(3,4)7-20-12/h6H,5,7H2,1-4H3. The predicted octanol–water partition coefficient (Wildman–Crippen LogP) is 4.14.